The molecule has 0 spiro atoms. The maximum atomic E-state index is 12.1. The van der Waals surface area contributed by atoms with E-state index in [1.165, 1.54) is 0 Å². The molecule has 0 aromatic carbocycles. The number of methoxy groups -OCH3 is 1. The summed E-state index contributed by atoms with van der Waals surface area (Å²) in [6.07, 6.45) is 2.50. The van der Waals surface area contributed by atoms with Crippen molar-refractivity contribution in [3.8, 4) is 0 Å². The van der Waals surface area contributed by atoms with Crippen molar-refractivity contribution in [3.63, 3.8) is 0 Å². The van der Waals surface area contributed by atoms with Gasteiger partial charge in [-0.15, -0.1) is 0 Å². The Balaban J connectivity index is 3.02. The fourth-order valence-corrected chi connectivity index (χ4v) is 4.67. The number of hydrogen-bond acceptors (Lipinski definition) is 3. The van der Waals surface area contributed by atoms with Crippen molar-refractivity contribution in [1.29, 1.82) is 0 Å². The summed E-state index contributed by atoms with van der Waals surface area (Å²) in [4.78, 5) is 12.1. The number of rotatable bonds is 5. The number of unbranched alkanes of at least 4 members (excludes halogenated alkanes) is 1. The van der Waals surface area contributed by atoms with Gasteiger partial charge in [-0.1, -0.05) is 0 Å². The molecule has 0 aromatic heterocycles. The number of hydrogen-bond donors (Lipinski definition) is 1. The van der Waals surface area contributed by atoms with Crippen molar-refractivity contribution < 1.29 is 40.8 Å². The van der Waals surface area contributed by atoms with Crippen LogP contribution in [0.15, 0.2) is 20.3 Å². The molecule has 1 aliphatic rings. The van der Waals surface area contributed by atoms with Crippen LogP contribution in [0.2, 0.25) is 0 Å². The van der Waals surface area contributed by atoms with Gasteiger partial charge in [-0.3, -0.25) is 0 Å². The van der Waals surface area contributed by atoms with E-state index >= 15 is 0 Å². The van der Waals surface area contributed by atoms with E-state index < -0.39 is 5.60 Å². The molecular formula is C13H19HgO3. The molecule has 4 heteroatoms. The zero-order valence-corrected chi connectivity index (χ0v) is 16.4. The van der Waals surface area contributed by atoms with Crippen LogP contribution in [0.3, 0.4) is 0 Å². The second-order valence-corrected chi connectivity index (χ2v) is 6.06. The summed E-state index contributed by atoms with van der Waals surface area (Å²) in [5.41, 5.74) is 2.22. The Morgan fingerprint density at radius 1 is 1.47 bits per heavy atom. The number of ketones is 1. The molecule has 91 valence electrons. The Bertz CT molecular complexity index is 371. The van der Waals surface area contributed by atoms with Crippen molar-refractivity contribution in [2.75, 3.05) is 13.7 Å². The van der Waals surface area contributed by atoms with Gasteiger partial charge < -0.3 is 0 Å². The van der Waals surface area contributed by atoms with Crippen LogP contribution in [0.5, 0.6) is 0 Å². The van der Waals surface area contributed by atoms with E-state index in [0.717, 1.165) is 36.0 Å². The summed E-state index contributed by atoms with van der Waals surface area (Å²) in [6, 6.07) is 0. The first-order chi connectivity index (χ1) is 8.02. The zero-order valence-electron chi connectivity index (χ0n) is 10.9. The van der Waals surface area contributed by atoms with Gasteiger partial charge in [0.05, 0.1) is 0 Å². The van der Waals surface area contributed by atoms with E-state index in [0.29, 0.717) is 26.1 Å². The number of aliphatic hydroxyl groups excluding tert-OH is 1. The van der Waals surface area contributed by atoms with Gasteiger partial charge in [0, 0.05) is 0 Å². The molecule has 0 saturated carbocycles. The Morgan fingerprint density at radius 3 is 2.59 bits per heavy atom. The van der Waals surface area contributed by atoms with Gasteiger partial charge >= 0.3 is 119 Å². The van der Waals surface area contributed by atoms with Crippen molar-refractivity contribution in [1.82, 2.24) is 0 Å². The molecule has 0 bridgehead atoms. The van der Waals surface area contributed by atoms with Crippen LogP contribution >= 0.6 is 0 Å². The number of carbonyl (C=O) groups is 1. The summed E-state index contributed by atoms with van der Waals surface area (Å²) >= 11 is 0.448. The number of carbonyl (C=O) groups excluding carboxylic acids is 1. The summed E-state index contributed by atoms with van der Waals surface area (Å²) < 4.78 is 7.64. The molecule has 3 nitrogen and oxygen atoms in total. The molecule has 1 aliphatic carbocycles. The fraction of sp³-hybridized carbons (Fsp3) is 0.615. The third-order valence-corrected chi connectivity index (χ3v) is 5.16. The van der Waals surface area contributed by atoms with E-state index in [1.807, 2.05) is 17.4 Å². The van der Waals surface area contributed by atoms with Gasteiger partial charge in [-0.2, -0.15) is 0 Å². The van der Waals surface area contributed by atoms with Gasteiger partial charge in [0.15, 0.2) is 0 Å². The van der Waals surface area contributed by atoms with Gasteiger partial charge in [0.2, 0.25) is 0 Å². The van der Waals surface area contributed by atoms with Crippen LogP contribution in [0.25, 0.3) is 0 Å². The van der Waals surface area contributed by atoms with Crippen LogP contribution < -0.4 is 0 Å². The van der Waals surface area contributed by atoms with Gasteiger partial charge in [0.25, 0.3) is 0 Å². The fourth-order valence-electron chi connectivity index (χ4n) is 2.44. The van der Waals surface area contributed by atoms with E-state index in [4.69, 9.17) is 9.84 Å². The second-order valence-electron chi connectivity index (χ2n) is 4.47. The average molecular weight is 424 g/mol. The molecular weight excluding hydrogens is 405 g/mol. The molecule has 0 amide bonds. The van der Waals surface area contributed by atoms with Crippen LogP contribution in [0, 0.1) is 0 Å². The number of ether oxygens (including phenoxy) is 1. The molecule has 0 saturated heterocycles. The summed E-state index contributed by atoms with van der Waals surface area (Å²) in [6.45, 7) is 4.07. The molecule has 0 radical (unpaired) electrons. The van der Waals surface area contributed by atoms with E-state index in [9.17, 15) is 4.79 Å². The van der Waals surface area contributed by atoms with Crippen LogP contribution in [0.1, 0.15) is 33.1 Å². The molecule has 1 unspecified atom stereocenters. The minimum atomic E-state index is -0.529. The van der Waals surface area contributed by atoms with Crippen molar-refractivity contribution in [2.45, 2.75) is 38.7 Å². The standard InChI is InChI=1S/C13H19O3.Hg/c1-9-11(7-5-6-8-14)13(3,16-4)10(2)12(9)15;/h2,14H,5-8H2,1,3-4H3;. The number of allylic oxidation sites excluding steroid dienone is 1. The molecule has 0 heterocycles. The number of aliphatic hydroxyl groups is 1. The van der Waals surface area contributed by atoms with E-state index in [-0.39, 0.29) is 12.4 Å². The summed E-state index contributed by atoms with van der Waals surface area (Å²) in [5, 5.41) is 8.83. The molecule has 1 rings (SSSR count). The Kier molecular flexibility index (Phi) is 5.54. The maximum absolute atomic E-state index is 12.1. The predicted molar refractivity (Wildman–Crippen MR) is 62.1 cm³/mol. The predicted octanol–water partition coefficient (Wildman–Crippen LogP) is 1.88. The number of Topliss-reactive ketones (excluding diaryl/α,β-unsaturated/α-hetero) is 1. The minimum absolute atomic E-state index is 0.142. The average Bonchev–Trinajstić information content (AvgIpc) is 2.51. The third kappa shape index (κ3) is 2.71. The third-order valence-electron chi connectivity index (χ3n) is 3.57. The second kappa shape index (κ2) is 6.25. The molecule has 0 aliphatic heterocycles. The molecule has 0 fully saturated rings. The van der Waals surface area contributed by atoms with Gasteiger partial charge in [-0.05, 0) is 0 Å². The summed E-state index contributed by atoms with van der Waals surface area (Å²) in [5.74, 6) is 0.142. The molecule has 1 atom stereocenters. The Hall–Kier alpha value is 0.00506. The first-order valence-electron chi connectivity index (χ1n) is 5.93. The monoisotopic (exact) mass is 425 g/mol. The van der Waals surface area contributed by atoms with Gasteiger partial charge in [-0.25, -0.2) is 0 Å². The summed E-state index contributed by atoms with van der Waals surface area (Å²) in [7, 11) is 1.66. The van der Waals surface area contributed by atoms with E-state index in [1.54, 1.807) is 7.11 Å². The molecule has 1 N–H and O–H groups in total. The normalized spacial score (nSPS) is 27.4. The zero-order chi connectivity index (χ0) is 13.1. The topological polar surface area (TPSA) is 46.5 Å². The quantitative estimate of drug-likeness (QED) is 0.417. The van der Waals surface area contributed by atoms with Crippen molar-refractivity contribution in [3.05, 3.63) is 20.3 Å². The first kappa shape index (κ1) is 15.1. The molecule has 17 heavy (non-hydrogen) atoms. The van der Waals surface area contributed by atoms with Crippen molar-refractivity contribution >= 4 is 5.78 Å². The Morgan fingerprint density at radius 2 is 2.12 bits per heavy atom. The van der Waals surface area contributed by atoms with Crippen LogP contribution in [-0.4, -0.2) is 30.2 Å². The van der Waals surface area contributed by atoms with Gasteiger partial charge in [0.1, 0.15) is 0 Å². The van der Waals surface area contributed by atoms with E-state index in [2.05, 4.69) is 0 Å². The first-order valence-corrected chi connectivity index (χ1v) is 9.11. The van der Waals surface area contributed by atoms with Crippen LogP contribution in [0.4, 0.5) is 0 Å². The van der Waals surface area contributed by atoms with Crippen molar-refractivity contribution in [2.24, 2.45) is 0 Å². The SMILES string of the molecule is COC1(C)C(CCCCO)=C(C)C(=O)/C1=[CH]\[Hg]. The van der Waals surface area contributed by atoms with Crippen LogP contribution in [-0.2, 0) is 35.7 Å². The Labute approximate surface area is 119 Å². The molecule has 0 aromatic rings.